The molecule has 3 rings (SSSR count). The van der Waals surface area contributed by atoms with Crippen LogP contribution in [-0.2, 0) is 11.2 Å². The zero-order valence-electron chi connectivity index (χ0n) is 10.00. The topological polar surface area (TPSA) is 63.3 Å². The Bertz CT molecular complexity index is 729. The van der Waals surface area contributed by atoms with Gasteiger partial charge in [-0.2, -0.15) is 0 Å². The molecule has 0 bridgehead atoms. The van der Waals surface area contributed by atoms with Crippen molar-refractivity contribution in [2.75, 3.05) is 0 Å². The van der Waals surface area contributed by atoms with Gasteiger partial charge in [0.2, 0.25) is 0 Å². The molecule has 0 aliphatic heterocycles. The molecule has 0 radical (unpaired) electrons. The number of carboxylic acids is 1. The van der Waals surface area contributed by atoms with Crippen LogP contribution in [0.5, 0.6) is 0 Å². The van der Waals surface area contributed by atoms with Crippen LogP contribution in [0.25, 0.3) is 21.5 Å². The molecule has 0 aliphatic carbocycles. The Labute approximate surface area is 113 Å². The maximum absolute atomic E-state index is 10.5. The Hall–Kier alpha value is -2.14. The maximum Gasteiger partial charge on any atom is 0.303 e. The first-order valence-electron chi connectivity index (χ1n) is 5.87. The van der Waals surface area contributed by atoms with Gasteiger partial charge < -0.3 is 9.52 Å². The molecule has 2 heterocycles. The molecule has 0 aliphatic rings. The SMILES string of the molecule is O=C(O)CCc1csc(-c2coc3ccccc23)n1. The number of nitrogens with zero attached hydrogens (tertiary/aromatic N) is 1. The largest absolute Gasteiger partial charge is 0.481 e. The van der Waals surface area contributed by atoms with Gasteiger partial charge in [-0.15, -0.1) is 11.3 Å². The molecular weight excluding hydrogens is 262 g/mol. The molecular formula is C14H11NO3S. The minimum Gasteiger partial charge on any atom is -0.481 e. The molecule has 0 spiro atoms. The van der Waals surface area contributed by atoms with Gasteiger partial charge in [-0.25, -0.2) is 4.98 Å². The van der Waals surface area contributed by atoms with Gasteiger partial charge in [-0.1, -0.05) is 18.2 Å². The molecule has 1 aromatic carbocycles. The first kappa shape index (κ1) is 11.9. The number of aromatic nitrogens is 1. The van der Waals surface area contributed by atoms with E-state index in [0.29, 0.717) is 6.42 Å². The van der Waals surface area contributed by atoms with E-state index in [9.17, 15) is 4.79 Å². The molecule has 96 valence electrons. The highest BCUT2D eigenvalue weighted by Gasteiger charge is 2.11. The second-order valence-electron chi connectivity index (χ2n) is 4.18. The molecule has 0 saturated heterocycles. The third-order valence-electron chi connectivity index (χ3n) is 2.86. The lowest BCUT2D eigenvalue weighted by Crippen LogP contribution is -1.97. The van der Waals surface area contributed by atoms with Crippen molar-refractivity contribution in [1.29, 1.82) is 0 Å². The highest BCUT2D eigenvalue weighted by molar-refractivity contribution is 7.13. The van der Waals surface area contributed by atoms with Gasteiger partial charge in [0.05, 0.1) is 17.7 Å². The lowest BCUT2D eigenvalue weighted by atomic mass is 10.2. The minimum absolute atomic E-state index is 0.106. The van der Waals surface area contributed by atoms with Gasteiger partial charge in [0.25, 0.3) is 0 Å². The number of aliphatic carboxylic acids is 1. The van der Waals surface area contributed by atoms with Crippen LogP contribution >= 0.6 is 11.3 Å². The Morgan fingerprint density at radius 3 is 3.05 bits per heavy atom. The monoisotopic (exact) mass is 273 g/mol. The van der Waals surface area contributed by atoms with Crippen LogP contribution in [0.3, 0.4) is 0 Å². The molecule has 19 heavy (non-hydrogen) atoms. The van der Waals surface area contributed by atoms with Crippen LogP contribution in [0.1, 0.15) is 12.1 Å². The molecule has 1 N–H and O–H groups in total. The van der Waals surface area contributed by atoms with Crippen molar-refractivity contribution in [3.05, 3.63) is 41.6 Å². The summed E-state index contributed by atoms with van der Waals surface area (Å²) >= 11 is 1.51. The van der Waals surface area contributed by atoms with Crippen molar-refractivity contribution in [1.82, 2.24) is 4.98 Å². The number of aryl methyl sites for hydroxylation is 1. The highest BCUT2D eigenvalue weighted by atomic mass is 32.1. The average molecular weight is 273 g/mol. The molecule has 3 aromatic rings. The fourth-order valence-corrected chi connectivity index (χ4v) is 2.80. The summed E-state index contributed by atoms with van der Waals surface area (Å²) in [5.74, 6) is -0.802. The van der Waals surface area contributed by atoms with E-state index in [1.54, 1.807) is 6.26 Å². The van der Waals surface area contributed by atoms with E-state index in [4.69, 9.17) is 9.52 Å². The quantitative estimate of drug-likeness (QED) is 0.789. The molecule has 5 heteroatoms. The number of para-hydroxylation sites is 1. The summed E-state index contributed by atoms with van der Waals surface area (Å²) in [7, 11) is 0. The van der Waals surface area contributed by atoms with Crippen molar-refractivity contribution in [3.63, 3.8) is 0 Å². The number of thiazole rings is 1. The summed E-state index contributed by atoms with van der Waals surface area (Å²) in [6, 6.07) is 7.79. The summed E-state index contributed by atoms with van der Waals surface area (Å²) < 4.78 is 5.48. The van der Waals surface area contributed by atoms with E-state index in [1.807, 2.05) is 29.6 Å². The van der Waals surface area contributed by atoms with Crippen molar-refractivity contribution < 1.29 is 14.3 Å². The molecule has 0 atom stereocenters. The van der Waals surface area contributed by atoms with Crippen LogP contribution in [0, 0.1) is 0 Å². The van der Waals surface area contributed by atoms with Gasteiger partial charge >= 0.3 is 5.97 Å². The smallest absolute Gasteiger partial charge is 0.303 e. The van der Waals surface area contributed by atoms with Gasteiger partial charge in [-0.3, -0.25) is 4.79 Å². The number of carboxylic acid groups (broad SMARTS) is 1. The van der Waals surface area contributed by atoms with Crippen molar-refractivity contribution in [2.45, 2.75) is 12.8 Å². The first-order valence-corrected chi connectivity index (χ1v) is 6.75. The first-order chi connectivity index (χ1) is 9.24. The summed E-state index contributed by atoms with van der Waals surface area (Å²) in [5, 5.41) is 12.5. The predicted molar refractivity (Wildman–Crippen MR) is 73.3 cm³/mol. The second-order valence-corrected chi connectivity index (χ2v) is 5.04. The van der Waals surface area contributed by atoms with Crippen molar-refractivity contribution >= 4 is 28.3 Å². The lowest BCUT2D eigenvalue weighted by molar-refractivity contribution is -0.136. The third-order valence-corrected chi connectivity index (χ3v) is 3.78. The van der Waals surface area contributed by atoms with E-state index in [1.165, 1.54) is 11.3 Å². The molecule has 0 unspecified atom stereocenters. The minimum atomic E-state index is -0.802. The predicted octanol–water partition coefficient (Wildman–Crippen LogP) is 3.57. The number of furan rings is 1. The fraction of sp³-hybridized carbons (Fsp3) is 0.143. The van der Waals surface area contributed by atoms with Gasteiger partial charge in [0, 0.05) is 17.2 Å². The van der Waals surface area contributed by atoms with E-state index >= 15 is 0 Å². The third kappa shape index (κ3) is 2.37. The van der Waals surface area contributed by atoms with Gasteiger partial charge in [0.15, 0.2) is 0 Å². The Kier molecular flexibility index (Phi) is 3.05. The van der Waals surface area contributed by atoms with E-state index in [2.05, 4.69) is 4.98 Å². The van der Waals surface area contributed by atoms with Crippen LogP contribution in [0.15, 0.2) is 40.3 Å². The Morgan fingerprint density at radius 1 is 1.37 bits per heavy atom. The van der Waals surface area contributed by atoms with E-state index < -0.39 is 5.97 Å². The number of carbonyl (C=O) groups is 1. The Morgan fingerprint density at radius 2 is 2.21 bits per heavy atom. The molecule has 2 aromatic heterocycles. The number of fused-ring (bicyclic) bond motifs is 1. The highest BCUT2D eigenvalue weighted by Crippen LogP contribution is 2.32. The van der Waals surface area contributed by atoms with Crippen LogP contribution < -0.4 is 0 Å². The zero-order chi connectivity index (χ0) is 13.2. The average Bonchev–Trinajstić information content (AvgIpc) is 3.02. The van der Waals surface area contributed by atoms with E-state index in [0.717, 1.165) is 27.2 Å². The summed E-state index contributed by atoms with van der Waals surface area (Å²) in [4.78, 5) is 15.0. The fourth-order valence-electron chi connectivity index (χ4n) is 1.92. The van der Waals surface area contributed by atoms with Gasteiger partial charge in [0.1, 0.15) is 16.9 Å². The van der Waals surface area contributed by atoms with Crippen molar-refractivity contribution in [2.24, 2.45) is 0 Å². The number of benzene rings is 1. The summed E-state index contributed by atoms with van der Waals surface area (Å²) in [6.07, 6.45) is 2.27. The lowest BCUT2D eigenvalue weighted by Gasteiger charge is -1.92. The summed E-state index contributed by atoms with van der Waals surface area (Å²) in [5.41, 5.74) is 2.61. The van der Waals surface area contributed by atoms with Crippen LogP contribution in [0.4, 0.5) is 0 Å². The Balaban J connectivity index is 1.92. The zero-order valence-corrected chi connectivity index (χ0v) is 10.8. The van der Waals surface area contributed by atoms with Crippen molar-refractivity contribution in [3.8, 4) is 10.6 Å². The normalized spacial score (nSPS) is 10.9. The number of rotatable bonds is 4. The van der Waals surface area contributed by atoms with Crippen LogP contribution in [0.2, 0.25) is 0 Å². The van der Waals surface area contributed by atoms with Crippen LogP contribution in [-0.4, -0.2) is 16.1 Å². The number of hydrogen-bond acceptors (Lipinski definition) is 4. The second kappa shape index (κ2) is 4.85. The molecule has 0 saturated carbocycles. The van der Waals surface area contributed by atoms with E-state index in [-0.39, 0.29) is 6.42 Å². The summed E-state index contributed by atoms with van der Waals surface area (Å²) in [6.45, 7) is 0. The molecule has 4 nitrogen and oxygen atoms in total. The number of hydrogen-bond donors (Lipinski definition) is 1. The standard InChI is InChI=1S/C14H11NO3S/c16-13(17)6-5-9-8-19-14(15-9)11-7-18-12-4-2-1-3-10(11)12/h1-4,7-8H,5-6H2,(H,16,17). The maximum atomic E-state index is 10.5. The molecule has 0 fully saturated rings. The molecule has 0 amide bonds. The van der Waals surface area contributed by atoms with Gasteiger partial charge in [-0.05, 0) is 6.07 Å².